The van der Waals surface area contributed by atoms with Gasteiger partial charge in [-0.05, 0) is 38.0 Å². The molecule has 0 aromatic rings. The Morgan fingerprint density at radius 2 is 2.00 bits per heavy atom. The molecule has 3 atom stereocenters. The minimum atomic E-state index is -0.880. The van der Waals surface area contributed by atoms with E-state index in [0.29, 0.717) is 18.9 Å². The lowest BCUT2D eigenvalue weighted by atomic mass is 9.84. The van der Waals surface area contributed by atoms with Gasteiger partial charge in [-0.15, -0.1) is 0 Å². The minimum absolute atomic E-state index is 0.182. The van der Waals surface area contributed by atoms with E-state index in [1.54, 1.807) is 0 Å². The van der Waals surface area contributed by atoms with Gasteiger partial charge in [0.05, 0.1) is 0 Å². The maximum Gasteiger partial charge on any atom is 0.326 e. The first kappa shape index (κ1) is 15.1. The SMILES string of the molecule is CCC1CCCC(NC(=O)N2CCCCC2C(=O)O)C1. The van der Waals surface area contributed by atoms with Crippen molar-refractivity contribution in [2.45, 2.75) is 70.4 Å². The van der Waals surface area contributed by atoms with Crippen LogP contribution in [0.1, 0.15) is 58.3 Å². The lowest BCUT2D eigenvalue weighted by Gasteiger charge is -2.36. The average Bonchev–Trinajstić information content (AvgIpc) is 2.47. The van der Waals surface area contributed by atoms with E-state index >= 15 is 0 Å². The Morgan fingerprint density at radius 3 is 2.70 bits per heavy atom. The van der Waals surface area contributed by atoms with Crippen LogP contribution in [0.2, 0.25) is 0 Å². The number of carboxylic acid groups (broad SMARTS) is 1. The summed E-state index contributed by atoms with van der Waals surface area (Å²) in [4.78, 5) is 25.1. The number of hydrogen-bond donors (Lipinski definition) is 2. The summed E-state index contributed by atoms with van der Waals surface area (Å²) in [6, 6.07) is -0.606. The first-order valence-electron chi connectivity index (χ1n) is 7.91. The molecule has 2 amide bonds. The smallest absolute Gasteiger partial charge is 0.326 e. The first-order valence-corrected chi connectivity index (χ1v) is 7.91. The molecule has 5 heteroatoms. The van der Waals surface area contributed by atoms with Gasteiger partial charge in [0.25, 0.3) is 0 Å². The number of carbonyl (C=O) groups excluding carboxylic acids is 1. The number of carbonyl (C=O) groups is 2. The van der Waals surface area contributed by atoms with Crippen LogP contribution in [0.5, 0.6) is 0 Å². The highest BCUT2D eigenvalue weighted by Gasteiger charge is 2.33. The molecule has 1 aliphatic carbocycles. The van der Waals surface area contributed by atoms with E-state index in [0.717, 1.165) is 38.5 Å². The lowest BCUT2D eigenvalue weighted by molar-refractivity contribution is -0.143. The van der Waals surface area contributed by atoms with Crippen molar-refractivity contribution in [2.24, 2.45) is 5.92 Å². The Balaban J connectivity index is 1.91. The number of urea groups is 1. The highest BCUT2D eigenvalue weighted by Crippen LogP contribution is 2.27. The van der Waals surface area contributed by atoms with Crippen molar-refractivity contribution in [3.63, 3.8) is 0 Å². The quantitative estimate of drug-likeness (QED) is 0.836. The number of nitrogens with one attached hydrogen (secondary N) is 1. The zero-order valence-electron chi connectivity index (χ0n) is 12.3. The molecule has 1 saturated carbocycles. The van der Waals surface area contributed by atoms with Gasteiger partial charge in [-0.2, -0.15) is 0 Å². The molecule has 0 aromatic heterocycles. The van der Waals surface area contributed by atoms with E-state index in [4.69, 9.17) is 0 Å². The topological polar surface area (TPSA) is 69.6 Å². The fourth-order valence-electron chi connectivity index (χ4n) is 3.48. The molecule has 2 fully saturated rings. The normalized spacial score (nSPS) is 30.9. The van der Waals surface area contributed by atoms with Crippen molar-refractivity contribution < 1.29 is 14.7 Å². The Labute approximate surface area is 120 Å². The summed E-state index contributed by atoms with van der Waals surface area (Å²) in [7, 11) is 0. The summed E-state index contributed by atoms with van der Waals surface area (Å²) < 4.78 is 0. The van der Waals surface area contributed by atoms with Crippen LogP contribution in [-0.2, 0) is 4.79 Å². The van der Waals surface area contributed by atoms with E-state index in [9.17, 15) is 14.7 Å². The summed E-state index contributed by atoms with van der Waals surface area (Å²) in [5.74, 6) is -0.180. The second-order valence-electron chi connectivity index (χ2n) is 6.13. The highest BCUT2D eigenvalue weighted by molar-refractivity contribution is 5.83. The Bertz CT molecular complexity index is 359. The van der Waals surface area contributed by atoms with Gasteiger partial charge in [0.1, 0.15) is 6.04 Å². The Kier molecular flexibility index (Phi) is 5.26. The fourth-order valence-corrected chi connectivity index (χ4v) is 3.48. The molecule has 20 heavy (non-hydrogen) atoms. The monoisotopic (exact) mass is 282 g/mol. The van der Waals surface area contributed by atoms with Crippen molar-refractivity contribution in [2.75, 3.05) is 6.54 Å². The van der Waals surface area contributed by atoms with Gasteiger partial charge in [-0.3, -0.25) is 0 Å². The summed E-state index contributed by atoms with van der Waals surface area (Å²) in [6.45, 7) is 2.76. The number of hydrogen-bond acceptors (Lipinski definition) is 2. The third-order valence-corrected chi connectivity index (χ3v) is 4.74. The van der Waals surface area contributed by atoms with Crippen LogP contribution in [0.4, 0.5) is 4.79 Å². The summed E-state index contributed by atoms with van der Waals surface area (Å²) in [6.07, 6.45) is 8.00. The molecular formula is C15H26N2O3. The van der Waals surface area contributed by atoms with Crippen molar-refractivity contribution in [1.82, 2.24) is 10.2 Å². The number of likely N-dealkylation sites (tertiary alicyclic amines) is 1. The first-order chi connectivity index (χ1) is 9.61. The largest absolute Gasteiger partial charge is 0.480 e. The van der Waals surface area contributed by atoms with Crippen molar-refractivity contribution in [1.29, 1.82) is 0 Å². The maximum absolute atomic E-state index is 12.3. The molecule has 0 spiro atoms. The van der Waals surface area contributed by atoms with Crippen molar-refractivity contribution in [3.05, 3.63) is 0 Å². The second kappa shape index (κ2) is 6.95. The van der Waals surface area contributed by atoms with Crippen LogP contribution in [-0.4, -0.2) is 40.6 Å². The summed E-state index contributed by atoms with van der Waals surface area (Å²) >= 11 is 0. The van der Waals surface area contributed by atoms with Gasteiger partial charge in [-0.1, -0.05) is 26.2 Å². The molecular weight excluding hydrogens is 256 g/mol. The number of carboxylic acids is 1. The van der Waals surface area contributed by atoms with E-state index in [1.165, 1.54) is 11.3 Å². The van der Waals surface area contributed by atoms with Gasteiger partial charge in [0.2, 0.25) is 0 Å². The van der Waals surface area contributed by atoms with Crippen LogP contribution >= 0.6 is 0 Å². The van der Waals surface area contributed by atoms with Gasteiger partial charge < -0.3 is 15.3 Å². The molecule has 0 aromatic carbocycles. The zero-order valence-corrected chi connectivity index (χ0v) is 12.3. The molecule has 2 rings (SSSR count). The fraction of sp³-hybridized carbons (Fsp3) is 0.867. The molecule has 1 heterocycles. The zero-order chi connectivity index (χ0) is 14.5. The van der Waals surface area contributed by atoms with Crippen LogP contribution in [0.3, 0.4) is 0 Å². The molecule has 1 aliphatic heterocycles. The van der Waals surface area contributed by atoms with Gasteiger partial charge >= 0.3 is 12.0 Å². The van der Waals surface area contributed by atoms with Crippen molar-refractivity contribution in [3.8, 4) is 0 Å². The molecule has 5 nitrogen and oxygen atoms in total. The predicted octanol–water partition coefficient (Wildman–Crippen LogP) is 2.60. The number of nitrogens with zero attached hydrogens (tertiary/aromatic N) is 1. The number of aliphatic carboxylic acids is 1. The number of piperidine rings is 1. The molecule has 0 radical (unpaired) electrons. The Morgan fingerprint density at radius 1 is 1.20 bits per heavy atom. The highest BCUT2D eigenvalue weighted by atomic mass is 16.4. The van der Waals surface area contributed by atoms with E-state index in [-0.39, 0.29) is 12.1 Å². The molecule has 3 unspecified atom stereocenters. The standard InChI is InChI=1S/C15H26N2O3/c1-2-11-6-5-7-12(10-11)16-15(20)17-9-4-3-8-13(17)14(18)19/h11-13H,2-10H2,1H3,(H,16,20)(H,18,19). The van der Waals surface area contributed by atoms with Crippen LogP contribution in [0, 0.1) is 5.92 Å². The van der Waals surface area contributed by atoms with E-state index < -0.39 is 12.0 Å². The predicted molar refractivity (Wildman–Crippen MR) is 76.5 cm³/mol. The van der Waals surface area contributed by atoms with Crippen LogP contribution in [0.15, 0.2) is 0 Å². The van der Waals surface area contributed by atoms with Crippen LogP contribution < -0.4 is 5.32 Å². The third-order valence-electron chi connectivity index (χ3n) is 4.74. The van der Waals surface area contributed by atoms with Gasteiger partial charge in [0, 0.05) is 12.6 Å². The van der Waals surface area contributed by atoms with Gasteiger partial charge in [-0.25, -0.2) is 9.59 Å². The Hall–Kier alpha value is -1.26. The molecule has 2 aliphatic rings. The summed E-state index contributed by atoms with van der Waals surface area (Å²) in [5.41, 5.74) is 0. The van der Waals surface area contributed by atoms with E-state index in [1.807, 2.05) is 0 Å². The van der Waals surface area contributed by atoms with Crippen molar-refractivity contribution >= 4 is 12.0 Å². The molecule has 0 bridgehead atoms. The van der Waals surface area contributed by atoms with Crippen LogP contribution in [0.25, 0.3) is 0 Å². The number of amides is 2. The molecule has 114 valence electrons. The third kappa shape index (κ3) is 3.64. The average molecular weight is 282 g/mol. The second-order valence-corrected chi connectivity index (χ2v) is 6.13. The minimum Gasteiger partial charge on any atom is -0.480 e. The summed E-state index contributed by atoms with van der Waals surface area (Å²) in [5, 5.41) is 12.3. The lowest BCUT2D eigenvalue weighted by Crippen LogP contribution is -2.54. The van der Waals surface area contributed by atoms with Gasteiger partial charge in [0.15, 0.2) is 0 Å². The molecule has 2 N–H and O–H groups in total. The molecule has 1 saturated heterocycles. The number of rotatable bonds is 3. The van der Waals surface area contributed by atoms with E-state index in [2.05, 4.69) is 12.2 Å². The maximum atomic E-state index is 12.3.